The minimum atomic E-state index is -0.743. The lowest BCUT2D eigenvalue weighted by atomic mass is 9.98. The monoisotopic (exact) mass is 204 g/mol. The molecule has 4 heteroatoms. The summed E-state index contributed by atoms with van der Waals surface area (Å²) in [5.41, 5.74) is 2.31. The summed E-state index contributed by atoms with van der Waals surface area (Å²) in [7, 11) is 0. The number of hydrazine groups is 1. The van der Waals surface area contributed by atoms with Crippen molar-refractivity contribution in [3.05, 3.63) is 35.9 Å². The van der Waals surface area contributed by atoms with Crippen LogP contribution in [0.2, 0.25) is 0 Å². The summed E-state index contributed by atoms with van der Waals surface area (Å²) < 4.78 is 0. The van der Waals surface area contributed by atoms with E-state index in [4.69, 9.17) is 0 Å². The predicted molar refractivity (Wildman–Crippen MR) is 54.8 cm³/mol. The van der Waals surface area contributed by atoms with E-state index >= 15 is 0 Å². The number of nitrogens with zero attached hydrogens (tertiary/aromatic N) is 1. The zero-order chi connectivity index (χ0) is 11.1. The summed E-state index contributed by atoms with van der Waals surface area (Å²) >= 11 is 0. The molecule has 4 nitrogen and oxygen atoms in total. The largest absolute Gasteiger partial charge is 0.273 e. The Labute approximate surface area is 87.9 Å². The number of hydrogen-bond donors (Lipinski definition) is 1. The first-order valence-electron chi connectivity index (χ1n) is 4.74. The number of nitrogens with one attached hydrogen (secondary N) is 1. The molecular weight excluding hydrogens is 192 g/mol. The zero-order valence-electron chi connectivity index (χ0n) is 8.65. The SMILES string of the molecule is CC1(C)C(=O)NN1C(=O)c1ccccc1. The lowest BCUT2D eigenvalue weighted by molar-refractivity contribution is -0.153. The maximum atomic E-state index is 11.9. The molecule has 0 aliphatic carbocycles. The molecule has 1 saturated heterocycles. The standard InChI is InChI=1S/C11H12N2O2/c1-11(2)10(15)12-13(11)9(14)8-6-4-3-5-7-8/h3-7H,1-2H3,(H,12,15). The third-order valence-electron chi connectivity index (χ3n) is 2.55. The Balaban J connectivity index is 2.21. The zero-order valence-corrected chi connectivity index (χ0v) is 8.65. The van der Waals surface area contributed by atoms with Crippen LogP contribution in [0.1, 0.15) is 24.2 Å². The van der Waals surface area contributed by atoms with Crippen molar-refractivity contribution >= 4 is 11.8 Å². The summed E-state index contributed by atoms with van der Waals surface area (Å²) in [6, 6.07) is 8.88. The van der Waals surface area contributed by atoms with Crippen molar-refractivity contribution in [1.82, 2.24) is 10.4 Å². The summed E-state index contributed by atoms with van der Waals surface area (Å²) in [6.45, 7) is 3.43. The molecular formula is C11H12N2O2. The number of benzene rings is 1. The Kier molecular flexibility index (Phi) is 2.00. The van der Waals surface area contributed by atoms with Crippen LogP contribution in [0.5, 0.6) is 0 Å². The van der Waals surface area contributed by atoms with Crippen molar-refractivity contribution in [3.8, 4) is 0 Å². The average molecular weight is 204 g/mol. The molecule has 1 fully saturated rings. The molecule has 15 heavy (non-hydrogen) atoms. The topological polar surface area (TPSA) is 49.4 Å². The second-order valence-corrected chi connectivity index (χ2v) is 4.01. The van der Waals surface area contributed by atoms with Crippen molar-refractivity contribution in [1.29, 1.82) is 0 Å². The van der Waals surface area contributed by atoms with E-state index in [0.717, 1.165) is 0 Å². The Hall–Kier alpha value is -1.84. The fourth-order valence-corrected chi connectivity index (χ4v) is 1.44. The molecule has 1 N–H and O–H groups in total. The highest BCUT2D eigenvalue weighted by atomic mass is 16.2. The molecule has 1 aliphatic heterocycles. The highest BCUT2D eigenvalue weighted by Gasteiger charge is 2.48. The van der Waals surface area contributed by atoms with Crippen molar-refractivity contribution in [2.24, 2.45) is 0 Å². The van der Waals surface area contributed by atoms with Crippen LogP contribution in [-0.2, 0) is 4.79 Å². The quantitative estimate of drug-likeness (QED) is 0.740. The van der Waals surface area contributed by atoms with Crippen LogP contribution < -0.4 is 5.43 Å². The highest BCUT2D eigenvalue weighted by Crippen LogP contribution is 2.23. The number of carbonyl (C=O) groups is 2. The summed E-state index contributed by atoms with van der Waals surface area (Å²) in [5.74, 6) is -0.313. The fourth-order valence-electron chi connectivity index (χ4n) is 1.44. The fraction of sp³-hybridized carbons (Fsp3) is 0.273. The number of hydrogen-bond acceptors (Lipinski definition) is 2. The van der Waals surface area contributed by atoms with Crippen LogP contribution in [0.15, 0.2) is 30.3 Å². The van der Waals surface area contributed by atoms with Crippen molar-refractivity contribution in [2.75, 3.05) is 0 Å². The van der Waals surface area contributed by atoms with Crippen molar-refractivity contribution in [2.45, 2.75) is 19.4 Å². The van der Waals surface area contributed by atoms with E-state index < -0.39 is 5.54 Å². The number of carbonyl (C=O) groups excluding carboxylic acids is 2. The van der Waals surface area contributed by atoms with Gasteiger partial charge in [-0.15, -0.1) is 0 Å². The molecule has 0 unspecified atom stereocenters. The van der Waals surface area contributed by atoms with Gasteiger partial charge >= 0.3 is 0 Å². The van der Waals surface area contributed by atoms with E-state index in [2.05, 4.69) is 5.43 Å². The highest BCUT2D eigenvalue weighted by molar-refractivity contribution is 6.04. The van der Waals surface area contributed by atoms with E-state index in [9.17, 15) is 9.59 Å². The second kappa shape index (κ2) is 3.08. The molecule has 1 aromatic rings. The van der Waals surface area contributed by atoms with Gasteiger partial charge in [0.1, 0.15) is 5.54 Å². The van der Waals surface area contributed by atoms with Gasteiger partial charge in [0, 0.05) is 5.56 Å². The predicted octanol–water partition coefficient (Wildman–Crippen LogP) is 0.952. The summed E-state index contributed by atoms with van der Waals surface area (Å²) in [6.07, 6.45) is 0. The summed E-state index contributed by atoms with van der Waals surface area (Å²) in [5, 5.41) is 1.35. The Morgan fingerprint density at radius 2 is 1.87 bits per heavy atom. The van der Waals surface area contributed by atoms with Gasteiger partial charge in [-0.05, 0) is 26.0 Å². The smallest absolute Gasteiger partial charge is 0.270 e. The van der Waals surface area contributed by atoms with E-state index in [1.54, 1.807) is 38.1 Å². The number of rotatable bonds is 1. The molecule has 0 aromatic heterocycles. The second-order valence-electron chi connectivity index (χ2n) is 4.01. The number of amides is 2. The Morgan fingerprint density at radius 3 is 2.33 bits per heavy atom. The minimum absolute atomic E-state index is 0.133. The van der Waals surface area contributed by atoms with E-state index in [0.29, 0.717) is 5.56 Å². The molecule has 0 radical (unpaired) electrons. The first-order chi connectivity index (χ1) is 7.03. The normalized spacial score (nSPS) is 18.0. The molecule has 0 spiro atoms. The van der Waals surface area contributed by atoms with Gasteiger partial charge in [0.15, 0.2) is 0 Å². The average Bonchev–Trinajstić information content (AvgIpc) is 2.26. The Bertz CT molecular complexity index is 412. The van der Waals surface area contributed by atoms with Gasteiger partial charge in [0.05, 0.1) is 0 Å². The molecule has 1 aromatic carbocycles. The first kappa shape index (κ1) is 9.71. The van der Waals surface area contributed by atoms with Crippen LogP contribution >= 0.6 is 0 Å². The van der Waals surface area contributed by atoms with Crippen LogP contribution in [0.25, 0.3) is 0 Å². The van der Waals surface area contributed by atoms with Crippen LogP contribution in [0.3, 0.4) is 0 Å². The Morgan fingerprint density at radius 1 is 1.27 bits per heavy atom. The molecule has 78 valence electrons. The van der Waals surface area contributed by atoms with Crippen LogP contribution in [-0.4, -0.2) is 22.4 Å². The maximum absolute atomic E-state index is 11.9. The van der Waals surface area contributed by atoms with Crippen molar-refractivity contribution in [3.63, 3.8) is 0 Å². The van der Waals surface area contributed by atoms with Gasteiger partial charge in [0.25, 0.3) is 11.8 Å². The van der Waals surface area contributed by atoms with Crippen molar-refractivity contribution < 1.29 is 9.59 Å². The minimum Gasteiger partial charge on any atom is -0.270 e. The molecule has 0 atom stereocenters. The van der Waals surface area contributed by atoms with E-state index in [-0.39, 0.29) is 11.8 Å². The summed E-state index contributed by atoms with van der Waals surface area (Å²) in [4.78, 5) is 23.1. The first-order valence-corrected chi connectivity index (χ1v) is 4.74. The van der Waals surface area contributed by atoms with Crippen LogP contribution in [0.4, 0.5) is 0 Å². The van der Waals surface area contributed by atoms with Gasteiger partial charge < -0.3 is 0 Å². The molecule has 2 amide bonds. The van der Waals surface area contributed by atoms with Gasteiger partial charge in [-0.3, -0.25) is 15.0 Å². The third kappa shape index (κ3) is 1.38. The van der Waals surface area contributed by atoms with Crippen LogP contribution in [0, 0.1) is 0 Å². The molecule has 1 aliphatic rings. The van der Waals surface area contributed by atoms with Gasteiger partial charge in [-0.1, -0.05) is 18.2 Å². The maximum Gasteiger partial charge on any atom is 0.273 e. The molecule has 0 saturated carbocycles. The van der Waals surface area contributed by atoms with Gasteiger partial charge in [-0.2, -0.15) is 0 Å². The molecule has 2 rings (SSSR count). The third-order valence-corrected chi connectivity index (χ3v) is 2.55. The lowest BCUT2D eigenvalue weighted by Gasteiger charge is -2.46. The molecule has 0 bridgehead atoms. The van der Waals surface area contributed by atoms with E-state index in [1.807, 2.05) is 6.07 Å². The van der Waals surface area contributed by atoms with Gasteiger partial charge in [0.2, 0.25) is 0 Å². The lowest BCUT2D eigenvalue weighted by Crippen LogP contribution is -2.74. The van der Waals surface area contributed by atoms with E-state index in [1.165, 1.54) is 5.01 Å². The molecule has 1 heterocycles. The van der Waals surface area contributed by atoms with Gasteiger partial charge in [-0.25, -0.2) is 5.01 Å².